The topological polar surface area (TPSA) is 61.4 Å². The molecule has 2 atom stereocenters. The highest BCUT2D eigenvalue weighted by molar-refractivity contribution is 6.31. The Kier molecular flexibility index (Phi) is 4.58. The summed E-state index contributed by atoms with van der Waals surface area (Å²) in [5.41, 5.74) is 1.04. The zero-order valence-corrected chi connectivity index (χ0v) is 10.8. The first-order valence-corrected chi connectivity index (χ1v) is 6.45. The van der Waals surface area contributed by atoms with Crippen molar-refractivity contribution < 1.29 is 9.90 Å². The van der Waals surface area contributed by atoms with Crippen LogP contribution in [0.5, 0.6) is 0 Å². The molecule has 2 rings (SSSR count). The summed E-state index contributed by atoms with van der Waals surface area (Å²) in [6.45, 7) is 2.02. The van der Waals surface area contributed by atoms with Gasteiger partial charge in [-0.2, -0.15) is 0 Å². The van der Waals surface area contributed by atoms with Gasteiger partial charge in [0.1, 0.15) is 0 Å². The van der Waals surface area contributed by atoms with Gasteiger partial charge >= 0.3 is 5.97 Å². The fourth-order valence-corrected chi connectivity index (χ4v) is 2.38. The van der Waals surface area contributed by atoms with E-state index in [2.05, 4.69) is 10.6 Å². The Morgan fingerprint density at radius 2 is 2.22 bits per heavy atom. The van der Waals surface area contributed by atoms with Gasteiger partial charge in [-0.25, -0.2) is 0 Å². The van der Waals surface area contributed by atoms with Crippen molar-refractivity contribution in [3.05, 3.63) is 34.9 Å². The van der Waals surface area contributed by atoms with E-state index in [9.17, 15) is 4.79 Å². The number of piperidine rings is 1. The predicted octanol–water partition coefficient (Wildman–Crippen LogP) is 1.49. The van der Waals surface area contributed by atoms with Crippen LogP contribution in [0.3, 0.4) is 0 Å². The molecule has 1 aromatic carbocycles. The molecule has 0 radical (unpaired) electrons. The Balaban J connectivity index is 1.87. The number of hydrogen-bond acceptors (Lipinski definition) is 3. The summed E-state index contributed by atoms with van der Waals surface area (Å²) in [5.74, 6) is -1.03. The summed E-state index contributed by atoms with van der Waals surface area (Å²) in [6.07, 6.45) is 0.660. The lowest BCUT2D eigenvalue weighted by Crippen LogP contribution is -2.48. The van der Waals surface area contributed by atoms with Crippen molar-refractivity contribution in [2.24, 2.45) is 5.92 Å². The van der Waals surface area contributed by atoms with Crippen molar-refractivity contribution in [3.63, 3.8) is 0 Å². The van der Waals surface area contributed by atoms with Gasteiger partial charge in [0.05, 0.1) is 5.92 Å². The van der Waals surface area contributed by atoms with Gasteiger partial charge in [-0.05, 0) is 18.1 Å². The maximum Gasteiger partial charge on any atom is 0.307 e. The van der Waals surface area contributed by atoms with Gasteiger partial charge in [-0.3, -0.25) is 4.79 Å². The first-order chi connectivity index (χ1) is 8.66. The first-order valence-electron chi connectivity index (χ1n) is 6.07. The van der Waals surface area contributed by atoms with E-state index in [0.29, 0.717) is 19.5 Å². The second-order valence-corrected chi connectivity index (χ2v) is 5.01. The number of carboxylic acid groups (broad SMARTS) is 1. The number of carboxylic acids is 1. The molecule has 0 aromatic heterocycles. The lowest BCUT2D eigenvalue weighted by molar-refractivity contribution is -0.142. The van der Waals surface area contributed by atoms with Crippen molar-refractivity contribution >= 4 is 17.6 Å². The van der Waals surface area contributed by atoms with Crippen LogP contribution in [0.15, 0.2) is 24.3 Å². The summed E-state index contributed by atoms with van der Waals surface area (Å²) < 4.78 is 0. The molecule has 1 fully saturated rings. The molecule has 2 unspecified atom stereocenters. The molecule has 4 nitrogen and oxygen atoms in total. The van der Waals surface area contributed by atoms with E-state index in [1.807, 2.05) is 24.3 Å². The third-order valence-electron chi connectivity index (χ3n) is 3.24. The van der Waals surface area contributed by atoms with Crippen LogP contribution in [0.4, 0.5) is 0 Å². The molecule has 98 valence electrons. The minimum Gasteiger partial charge on any atom is -0.481 e. The van der Waals surface area contributed by atoms with Crippen molar-refractivity contribution in [2.75, 3.05) is 13.1 Å². The van der Waals surface area contributed by atoms with Crippen molar-refractivity contribution in [1.29, 1.82) is 0 Å². The molecule has 0 aliphatic carbocycles. The molecule has 1 saturated heterocycles. The van der Waals surface area contributed by atoms with Crippen LogP contribution < -0.4 is 10.6 Å². The molecule has 1 aliphatic heterocycles. The van der Waals surface area contributed by atoms with Crippen molar-refractivity contribution in [3.8, 4) is 0 Å². The number of rotatable bonds is 4. The van der Waals surface area contributed by atoms with E-state index in [0.717, 1.165) is 17.1 Å². The van der Waals surface area contributed by atoms with Gasteiger partial charge in [0, 0.05) is 30.7 Å². The fourth-order valence-electron chi connectivity index (χ4n) is 2.18. The molecule has 0 bridgehead atoms. The second-order valence-electron chi connectivity index (χ2n) is 4.60. The largest absolute Gasteiger partial charge is 0.481 e. The maximum absolute atomic E-state index is 10.9. The molecule has 5 heteroatoms. The maximum atomic E-state index is 10.9. The van der Waals surface area contributed by atoms with Gasteiger partial charge in [-0.15, -0.1) is 0 Å². The molecule has 1 aromatic rings. The van der Waals surface area contributed by atoms with E-state index in [1.165, 1.54) is 0 Å². The predicted molar refractivity (Wildman–Crippen MR) is 70.7 cm³/mol. The quantitative estimate of drug-likeness (QED) is 0.774. The summed E-state index contributed by atoms with van der Waals surface area (Å²) in [7, 11) is 0. The zero-order valence-electron chi connectivity index (χ0n) is 10.0. The molecule has 0 spiro atoms. The lowest BCUT2D eigenvalue weighted by Gasteiger charge is -2.28. The van der Waals surface area contributed by atoms with Gasteiger partial charge in [0.2, 0.25) is 0 Å². The molecule has 0 saturated carbocycles. The van der Waals surface area contributed by atoms with Crippen LogP contribution in [0, 0.1) is 5.92 Å². The summed E-state index contributed by atoms with van der Waals surface area (Å²) in [4.78, 5) is 10.9. The molecule has 0 amide bonds. The SMILES string of the molecule is O=C(O)C1CNCC(NCc2ccccc2Cl)C1. The molecular formula is C13H17ClN2O2. The van der Waals surface area contributed by atoms with Crippen LogP contribution in [-0.2, 0) is 11.3 Å². The highest BCUT2D eigenvalue weighted by atomic mass is 35.5. The van der Waals surface area contributed by atoms with Crippen LogP contribution in [0.1, 0.15) is 12.0 Å². The Morgan fingerprint density at radius 3 is 2.94 bits per heavy atom. The zero-order chi connectivity index (χ0) is 13.0. The van der Waals surface area contributed by atoms with Crippen molar-refractivity contribution in [1.82, 2.24) is 10.6 Å². The first kappa shape index (κ1) is 13.3. The molecule has 1 heterocycles. The van der Waals surface area contributed by atoms with Crippen LogP contribution in [-0.4, -0.2) is 30.2 Å². The van der Waals surface area contributed by atoms with E-state index in [-0.39, 0.29) is 12.0 Å². The Hall–Kier alpha value is -1.10. The number of carbonyl (C=O) groups is 1. The van der Waals surface area contributed by atoms with Crippen LogP contribution >= 0.6 is 11.6 Å². The Morgan fingerprint density at radius 1 is 1.44 bits per heavy atom. The average Bonchev–Trinajstić information content (AvgIpc) is 2.38. The number of benzene rings is 1. The van der Waals surface area contributed by atoms with E-state index >= 15 is 0 Å². The smallest absolute Gasteiger partial charge is 0.307 e. The Bertz CT molecular complexity index is 425. The number of halogens is 1. The number of aliphatic carboxylic acids is 1. The number of hydrogen-bond donors (Lipinski definition) is 3. The summed E-state index contributed by atoms with van der Waals surface area (Å²) in [6, 6.07) is 7.85. The molecule has 1 aliphatic rings. The molecular weight excluding hydrogens is 252 g/mol. The van der Waals surface area contributed by atoms with Gasteiger partial charge in [0.15, 0.2) is 0 Å². The van der Waals surface area contributed by atoms with Gasteiger partial charge in [-0.1, -0.05) is 29.8 Å². The van der Waals surface area contributed by atoms with Crippen LogP contribution in [0.2, 0.25) is 5.02 Å². The highest BCUT2D eigenvalue weighted by Gasteiger charge is 2.26. The standard InChI is InChI=1S/C13H17ClN2O2/c14-12-4-2-1-3-9(12)7-16-11-5-10(13(17)18)6-15-8-11/h1-4,10-11,15-16H,5-8H2,(H,17,18). The summed E-state index contributed by atoms with van der Waals surface area (Å²) >= 11 is 6.07. The fraction of sp³-hybridized carbons (Fsp3) is 0.462. The van der Waals surface area contributed by atoms with Gasteiger partial charge < -0.3 is 15.7 Å². The molecule has 18 heavy (non-hydrogen) atoms. The average molecular weight is 269 g/mol. The van der Waals surface area contributed by atoms with E-state index in [1.54, 1.807) is 0 Å². The minimum absolute atomic E-state index is 0.177. The van der Waals surface area contributed by atoms with Crippen LogP contribution in [0.25, 0.3) is 0 Å². The minimum atomic E-state index is -0.730. The van der Waals surface area contributed by atoms with Crippen molar-refractivity contribution in [2.45, 2.75) is 19.0 Å². The lowest BCUT2D eigenvalue weighted by atomic mass is 9.96. The van der Waals surface area contributed by atoms with E-state index < -0.39 is 5.97 Å². The summed E-state index contributed by atoms with van der Waals surface area (Å²) in [5, 5.41) is 16.2. The third kappa shape index (κ3) is 3.45. The van der Waals surface area contributed by atoms with Gasteiger partial charge in [0.25, 0.3) is 0 Å². The second kappa shape index (κ2) is 6.18. The monoisotopic (exact) mass is 268 g/mol. The number of nitrogens with one attached hydrogen (secondary N) is 2. The Labute approximate surface area is 111 Å². The van der Waals surface area contributed by atoms with E-state index in [4.69, 9.17) is 16.7 Å². The third-order valence-corrected chi connectivity index (χ3v) is 3.61. The molecule has 3 N–H and O–H groups in total. The highest BCUT2D eigenvalue weighted by Crippen LogP contribution is 2.16. The normalized spacial score (nSPS) is 23.8.